The molecule has 0 saturated carbocycles. The number of aromatic nitrogens is 3. The second kappa shape index (κ2) is 7.48. The molecule has 3 heterocycles. The maximum atomic E-state index is 12.9. The smallest absolute Gasteiger partial charge is 0.253 e. The Morgan fingerprint density at radius 3 is 2.52 bits per heavy atom. The molecular formula is C22H19BrN4O2. The van der Waals surface area contributed by atoms with E-state index < -0.39 is 0 Å². The van der Waals surface area contributed by atoms with Crippen LogP contribution < -0.4 is 0 Å². The van der Waals surface area contributed by atoms with Crippen LogP contribution in [0.3, 0.4) is 0 Å². The number of hydrogen-bond donors (Lipinski definition) is 0. The zero-order valence-electron chi connectivity index (χ0n) is 15.7. The van der Waals surface area contributed by atoms with Crippen LogP contribution in [0.15, 0.2) is 69.8 Å². The quantitative estimate of drug-likeness (QED) is 0.449. The second-order valence-corrected chi connectivity index (χ2v) is 8.15. The number of nitrogens with zero attached hydrogens (tertiary/aromatic N) is 4. The summed E-state index contributed by atoms with van der Waals surface area (Å²) in [6, 6.07) is 15.4. The van der Waals surface area contributed by atoms with Crippen molar-refractivity contribution in [2.75, 3.05) is 13.1 Å². The fourth-order valence-corrected chi connectivity index (χ4v) is 4.06. The molecule has 1 aliphatic rings. The molecule has 0 N–H and O–H groups in total. The Morgan fingerprint density at radius 2 is 1.83 bits per heavy atom. The molecule has 2 aromatic heterocycles. The molecule has 0 aliphatic carbocycles. The molecule has 6 nitrogen and oxygen atoms in total. The van der Waals surface area contributed by atoms with Gasteiger partial charge in [-0.15, -0.1) is 0 Å². The van der Waals surface area contributed by atoms with Gasteiger partial charge >= 0.3 is 0 Å². The van der Waals surface area contributed by atoms with E-state index in [4.69, 9.17) is 4.42 Å². The van der Waals surface area contributed by atoms with Crippen molar-refractivity contribution < 1.29 is 9.21 Å². The summed E-state index contributed by atoms with van der Waals surface area (Å²) in [5.41, 5.74) is 3.33. The summed E-state index contributed by atoms with van der Waals surface area (Å²) in [4.78, 5) is 19.4. The van der Waals surface area contributed by atoms with Gasteiger partial charge in [-0.1, -0.05) is 12.1 Å². The van der Waals surface area contributed by atoms with Crippen LogP contribution in [0.2, 0.25) is 0 Å². The average Bonchev–Trinajstić information content (AvgIpc) is 3.40. The summed E-state index contributed by atoms with van der Waals surface area (Å²) >= 11 is 3.40. The van der Waals surface area contributed by atoms with E-state index in [0.717, 1.165) is 40.0 Å². The first kappa shape index (κ1) is 18.1. The fourth-order valence-electron chi connectivity index (χ4n) is 3.78. The van der Waals surface area contributed by atoms with Gasteiger partial charge in [-0.2, -0.15) is 5.10 Å². The molecule has 0 spiro atoms. The topological polar surface area (TPSA) is 64.2 Å². The summed E-state index contributed by atoms with van der Waals surface area (Å²) in [6.07, 6.45) is 5.34. The first-order chi connectivity index (χ1) is 14.2. The van der Waals surface area contributed by atoms with Crippen LogP contribution in [0.5, 0.6) is 0 Å². The first-order valence-electron chi connectivity index (χ1n) is 9.63. The molecule has 0 radical (unpaired) electrons. The van der Waals surface area contributed by atoms with Gasteiger partial charge in [0.15, 0.2) is 11.5 Å². The van der Waals surface area contributed by atoms with Crippen molar-refractivity contribution in [2.24, 2.45) is 0 Å². The summed E-state index contributed by atoms with van der Waals surface area (Å²) in [7, 11) is 0. The molecule has 146 valence electrons. The number of fused-ring (bicyclic) bond motifs is 1. The molecule has 29 heavy (non-hydrogen) atoms. The van der Waals surface area contributed by atoms with Gasteiger partial charge in [0, 0.05) is 30.8 Å². The molecule has 4 aromatic rings. The van der Waals surface area contributed by atoms with Gasteiger partial charge in [0.1, 0.15) is 5.52 Å². The largest absolute Gasteiger partial charge is 0.440 e. The number of likely N-dealkylation sites (tertiary alicyclic amines) is 1. The number of carbonyl (C=O) groups is 1. The standard InChI is InChI=1S/C22H19BrN4O2/c23-17-13-24-27(14-17)18-7-5-16(6-8-18)22(28)26-11-9-15(10-12-26)21-25-19-3-1-2-4-20(19)29-21/h1-8,13-15H,9-12H2. The lowest BCUT2D eigenvalue weighted by molar-refractivity contribution is 0.0706. The lowest BCUT2D eigenvalue weighted by Gasteiger charge is -2.30. The number of hydrogen-bond acceptors (Lipinski definition) is 4. The van der Waals surface area contributed by atoms with Crippen LogP contribution in [0, 0.1) is 0 Å². The van der Waals surface area contributed by atoms with Gasteiger partial charge in [0.25, 0.3) is 5.91 Å². The third kappa shape index (κ3) is 3.58. The molecule has 1 aliphatic heterocycles. The number of rotatable bonds is 3. The van der Waals surface area contributed by atoms with Crippen molar-refractivity contribution in [3.05, 3.63) is 76.9 Å². The van der Waals surface area contributed by atoms with Gasteiger partial charge in [0.2, 0.25) is 0 Å². The van der Waals surface area contributed by atoms with Gasteiger partial charge < -0.3 is 9.32 Å². The zero-order chi connectivity index (χ0) is 19.8. The Kier molecular flexibility index (Phi) is 4.67. The van der Waals surface area contributed by atoms with Gasteiger partial charge in [-0.3, -0.25) is 4.79 Å². The molecule has 1 saturated heterocycles. The highest BCUT2D eigenvalue weighted by atomic mass is 79.9. The van der Waals surface area contributed by atoms with Crippen LogP contribution in [-0.2, 0) is 0 Å². The Balaban J connectivity index is 1.25. The molecule has 2 aromatic carbocycles. The molecule has 1 amide bonds. The Morgan fingerprint density at radius 1 is 1.07 bits per heavy atom. The number of carbonyl (C=O) groups excluding carboxylic acids is 1. The minimum atomic E-state index is 0.0641. The summed E-state index contributed by atoms with van der Waals surface area (Å²) in [5.74, 6) is 1.11. The zero-order valence-corrected chi connectivity index (χ0v) is 17.2. The molecular weight excluding hydrogens is 432 g/mol. The molecule has 7 heteroatoms. The summed E-state index contributed by atoms with van der Waals surface area (Å²) in [6.45, 7) is 1.41. The van der Waals surface area contributed by atoms with Gasteiger partial charge in [-0.05, 0) is 65.2 Å². The second-order valence-electron chi connectivity index (χ2n) is 7.24. The maximum Gasteiger partial charge on any atom is 0.253 e. The molecule has 0 atom stereocenters. The van der Waals surface area contributed by atoms with E-state index in [0.29, 0.717) is 18.7 Å². The predicted octanol–water partition coefficient (Wildman–Crippen LogP) is 4.80. The van der Waals surface area contributed by atoms with E-state index in [1.807, 2.05) is 59.6 Å². The van der Waals surface area contributed by atoms with Gasteiger partial charge in [-0.25, -0.2) is 9.67 Å². The minimum Gasteiger partial charge on any atom is -0.440 e. The van der Waals surface area contributed by atoms with E-state index in [1.165, 1.54) is 0 Å². The third-order valence-corrected chi connectivity index (χ3v) is 5.78. The lowest BCUT2D eigenvalue weighted by atomic mass is 9.96. The van der Waals surface area contributed by atoms with Crippen molar-refractivity contribution >= 4 is 32.9 Å². The van der Waals surface area contributed by atoms with Crippen molar-refractivity contribution in [3.8, 4) is 5.69 Å². The highest BCUT2D eigenvalue weighted by Crippen LogP contribution is 2.30. The molecule has 0 bridgehead atoms. The first-order valence-corrected chi connectivity index (χ1v) is 10.4. The van der Waals surface area contributed by atoms with Crippen molar-refractivity contribution in [2.45, 2.75) is 18.8 Å². The Labute approximate surface area is 176 Å². The minimum absolute atomic E-state index is 0.0641. The fraction of sp³-hybridized carbons (Fsp3) is 0.227. The maximum absolute atomic E-state index is 12.9. The van der Waals surface area contributed by atoms with Crippen LogP contribution in [0.4, 0.5) is 0 Å². The third-order valence-electron chi connectivity index (χ3n) is 5.37. The predicted molar refractivity (Wildman–Crippen MR) is 113 cm³/mol. The highest BCUT2D eigenvalue weighted by Gasteiger charge is 2.27. The highest BCUT2D eigenvalue weighted by molar-refractivity contribution is 9.10. The van der Waals surface area contributed by atoms with E-state index in [-0.39, 0.29) is 11.8 Å². The van der Waals surface area contributed by atoms with Crippen LogP contribution in [-0.4, -0.2) is 38.7 Å². The van der Waals surface area contributed by atoms with Gasteiger partial charge in [0.05, 0.1) is 16.4 Å². The van der Waals surface area contributed by atoms with E-state index in [2.05, 4.69) is 26.0 Å². The normalized spacial score (nSPS) is 15.1. The van der Waals surface area contributed by atoms with Crippen molar-refractivity contribution in [1.29, 1.82) is 0 Å². The van der Waals surface area contributed by atoms with Crippen molar-refractivity contribution in [3.63, 3.8) is 0 Å². The molecule has 5 rings (SSSR count). The summed E-state index contributed by atoms with van der Waals surface area (Å²) in [5, 5.41) is 4.26. The van der Waals surface area contributed by atoms with Crippen LogP contribution in [0.1, 0.15) is 35.0 Å². The Hall–Kier alpha value is -2.93. The number of halogens is 1. The SMILES string of the molecule is O=C(c1ccc(-n2cc(Br)cn2)cc1)N1CCC(c2nc3ccccc3o2)CC1. The van der Waals surface area contributed by atoms with Crippen LogP contribution >= 0.6 is 15.9 Å². The average molecular weight is 451 g/mol. The monoisotopic (exact) mass is 450 g/mol. The van der Waals surface area contributed by atoms with E-state index >= 15 is 0 Å². The summed E-state index contributed by atoms with van der Waals surface area (Å²) < 4.78 is 8.60. The number of benzene rings is 2. The number of amides is 1. The number of piperidine rings is 1. The number of para-hydroxylation sites is 2. The molecule has 1 fully saturated rings. The van der Waals surface area contributed by atoms with E-state index in [1.54, 1.807) is 10.9 Å². The van der Waals surface area contributed by atoms with E-state index in [9.17, 15) is 4.79 Å². The number of oxazole rings is 1. The van der Waals surface area contributed by atoms with Crippen LogP contribution in [0.25, 0.3) is 16.8 Å². The molecule has 0 unspecified atom stereocenters. The Bertz CT molecular complexity index is 1120. The lowest BCUT2D eigenvalue weighted by Crippen LogP contribution is -2.38. The van der Waals surface area contributed by atoms with Crippen molar-refractivity contribution in [1.82, 2.24) is 19.7 Å².